The number of hydrogen-bond acceptors (Lipinski definition) is 7. The molecule has 0 radical (unpaired) electrons. The molecular weight excluding hydrogens is 531 g/mol. The number of amidine groups is 2. The third-order valence-electron chi connectivity index (χ3n) is 7.49. The number of methoxy groups -OCH3 is 2. The topological polar surface area (TPSA) is 76.3 Å². The van der Waals surface area contributed by atoms with Crippen LogP contribution in [0.25, 0.3) is 5.69 Å². The average Bonchev–Trinajstić information content (AvgIpc) is 3.37. The maximum absolute atomic E-state index is 14.2. The van der Waals surface area contributed by atoms with Gasteiger partial charge in [-0.15, -0.1) is 0 Å². The number of ether oxygens (including phenoxy) is 2. The van der Waals surface area contributed by atoms with Gasteiger partial charge in [0.15, 0.2) is 17.5 Å². The summed E-state index contributed by atoms with van der Waals surface area (Å²) in [5.74, 6) is 2.80. The number of rotatable bonds is 5. The minimum Gasteiger partial charge on any atom is -0.497 e. The quantitative estimate of drug-likeness (QED) is 0.248. The molecule has 1 atom stereocenters. The second-order valence-corrected chi connectivity index (χ2v) is 9.97. The van der Waals surface area contributed by atoms with Crippen molar-refractivity contribution in [3.63, 3.8) is 0 Å². The minimum atomic E-state index is -0.350. The Bertz CT molecular complexity index is 1860. The van der Waals surface area contributed by atoms with Crippen molar-refractivity contribution < 1.29 is 13.9 Å². The summed E-state index contributed by atoms with van der Waals surface area (Å²) >= 11 is 0. The van der Waals surface area contributed by atoms with Crippen LogP contribution >= 0.6 is 0 Å². The van der Waals surface area contributed by atoms with E-state index in [0.717, 1.165) is 33.9 Å². The Morgan fingerprint density at radius 2 is 1.60 bits per heavy atom. The highest BCUT2D eigenvalue weighted by Crippen LogP contribution is 2.48. The Kier molecular flexibility index (Phi) is 6.19. The molecular formula is C33H27FN6O2. The zero-order chi connectivity index (χ0) is 28.8. The Labute approximate surface area is 242 Å². The number of fused-ring (bicyclic) bond motifs is 4. The van der Waals surface area contributed by atoms with Gasteiger partial charge in [-0.25, -0.2) is 19.1 Å². The highest BCUT2D eigenvalue weighted by atomic mass is 19.1. The number of benzene rings is 4. The van der Waals surface area contributed by atoms with E-state index in [4.69, 9.17) is 24.6 Å². The number of para-hydroxylation sites is 3. The summed E-state index contributed by atoms with van der Waals surface area (Å²) in [5.41, 5.74) is 5.92. The summed E-state index contributed by atoms with van der Waals surface area (Å²) < 4.78 is 27.1. The lowest BCUT2D eigenvalue weighted by Gasteiger charge is -2.40. The van der Waals surface area contributed by atoms with Gasteiger partial charge in [-0.05, 0) is 61.0 Å². The van der Waals surface area contributed by atoms with Gasteiger partial charge in [0.2, 0.25) is 0 Å². The molecule has 3 heterocycles. The maximum Gasteiger partial charge on any atom is 0.179 e. The number of halogens is 1. The first-order chi connectivity index (χ1) is 20.6. The highest BCUT2D eigenvalue weighted by molar-refractivity contribution is 6.51. The van der Waals surface area contributed by atoms with Gasteiger partial charge in [0, 0.05) is 11.6 Å². The Balaban J connectivity index is 1.48. The fraction of sp³-hybridized carbons (Fsp3) is 0.121. The number of aliphatic imine (C=N–C) groups is 2. The van der Waals surface area contributed by atoms with E-state index < -0.39 is 0 Å². The van der Waals surface area contributed by atoms with Crippen LogP contribution in [0.2, 0.25) is 0 Å². The summed E-state index contributed by atoms with van der Waals surface area (Å²) in [5, 5.41) is 8.42. The van der Waals surface area contributed by atoms with E-state index in [-0.39, 0.29) is 11.9 Å². The molecule has 9 heteroatoms. The number of aromatic nitrogens is 2. The molecule has 0 spiro atoms. The van der Waals surface area contributed by atoms with Crippen molar-refractivity contribution in [3.05, 3.63) is 120 Å². The number of nitrogens with one attached hydrogen (secondary N) is 1. The van der Waals surface area contributed by atoms with E-state index >= 15 is 0 Å². The predicted octanol–water partition coefficient (Wildman–Crippen LogP) is 7.13. The van der Waals surface area contributed by atoms with Crippen LogP contribution in [0, 0.1) is 12.7 Å². The molecule has 0 amide bonds. The molecule has 7 rings (SSSR count). The number of anilines is 2. The molecule has 2 aliphatic heterocycles. The summed E-state index contributed by atoms with van der Waals surface area (Å²) in [6.07, 6.45) is 0. The van der Waals surface area contributed by atoms with Crippen LogP contribution in [0.4, 0.5) is 27.3 Å². The average molecular weight is 559 g/mol. The largest absolute Gasteiger partial charge is 0.497 e. The zero-order valence-electron chi connectivity index (χ0n) is 23.2. The van der Waals surface area contributed by atoms with Crippen LogP contribution in [0.5, 0.6) is 11.5 Å². The monoisotopic (exact) mass is 558 g/mol. The predicted molar refractivity (Wildman–Crippen MR) is 163 cm³/mol. The highest BCUT2D eigenvalue weighted by Gasteiger charge is 2.41. The van der Waals surface area contributed by atoms with Gasteiger partial charge >= 0.3 is 0 Å². The summed E-state index contributed by atoms with van der Waals surface area (Å²) in [6, 6.07) is 29.7. The second-order valence-electron chi connectivity index (χ2n) is 9.97. The third kappa shape index (κ3) is 4.17. The van der Waals surface area contributed by atoms with E-state index in [1.165, 1.54) is 12.1 Å². The van der Waals surface area contributed by atoms with Crippen LogP contribution in [0.3, 0.4) is 0 Å². The van der Waals surface area contributed by atoms with E-state index in [0.29, 0.717) is 34.7 Å². The van der Waals surface area contributed by atoms with Crippen molar-refractivity contribution in [2.45, 2.75) is 13.0 Å². The molecule has 5 aromatic rings. The van der Waals surface area contributed by atoms with Crippen molar-refractivity contribution in [2.24, 2.45) is 9.98 Å². The first-order valence-electron chi connectivity index (χ1n) is 13.5. The number of aryl methyl sites for hydroxylation is 1. The molecule has 1 N–H and O–H groups in total. The van der Waals surface area contributed by atoms with E-state index in [1.807, 2.05) is 96.5 Å². The molecule has 0 fully saturated rings. The van der Waals surface area contributed by atoms with Crippen molar-refractivity contribution >= 4 is 34.6 Å². The molecule has 0 aliphatic carbocycles. The van der Waals surface area contributed by atoms with E-state index in [1.54, 1.807) is 14.2 Å². The molecule has 2 aliphatic rings. The lowest BCUT2D eigenvalue weighted by atomic mass is 9.93. The summed E-state index contributed by atoms with van der Waals surface area (Å²) in [7, 11) is 3.23. The molecule has 1 aromatic heterocycles. The van der Waals surface area contributed by atoms with Gasteiger partial charge in [-0.2, -0.15) is 5.10 Å². The molecule has 0 saturated carbocycles. The maximum atomic E-state index is 14.2. The Hall–Kier alpha value is -5.44. The number of hydrogen-bond donors (Lipinski definition) is 1. The van der Waals surface area contributed by atoms with Gasteiger partial charge in [-0.3, -0.25) is 0 Å². The first kappa shape index (κ1) is 25.5. The van der Waals surface area contributed by atoms with Gasteiger partial charge in [0.05, 0.1) is 48.7 Å². The SMILES string of the molecule is COc1ccc(NC2=Nc3ccccc3N3C2=Nc2c(c(C)nn2-c2ccccc2)[C@H]3c2ccc(F)cc2)c(OC)c1. The van der Waals surface area contributed by atoms with Gasteiger partial charge in [0.1, 0.15) is 17.3 Å². The Morgan fingerprint density at radius 1 is 0.833 bits per heavy atom. The standard InChI is InChI=1S/C33H27FN6O2/c1-20-29-30(21-13-15-22(34)16-14-21)39-27-12-8-7-11-25(27)35-31(36-26-18-17-24(41-2)19-28(26)42-3)33(39)37-32(29)40(38-20)23-9-5-4-6-10-23/h4-19,30H,1-3H3,(H,35,36)/t30-/m1/s1. The lowest BCUT2D eigenvalue weighted by Crippen LogP contribution is -2.46. The molecule has 8 nitrogen and oxygen atoms in total. The van der Waals surface area contributed by atoms with Crippen molar-refractivity contribution in [3.8, 4) is 17.2 Å². The fourth-order valence-electron chi connectivity index (χ4n) is 5.54. The van der Waals surface area contributed by atoms with Crippen molar-refractivity contribution in [1.29, 1.82) is 0 Å². The van der Waals surface area contributed by atoms with Crippen LogP contribution in [-0.4, -0.2) is 35.7 Å². The van der Waals surface area contributed by atoms with Crippen LogP contribution in [0.15, 0.2) is 107 Å². The fourth-order valence-corrected chi connectivity index (χ4v) is 5.54. The molecule has 42 heavy (non-hydrogen) atoms. The zero-order valence-corrected chi connectivity index (χ0v) is 23.2. The Morgan fingerprint density at radius 3 is 2.36 bits per heavy atom. The lowest BCUT2D eigenvalue weighted by molar-refractivity contribution is 0.395. The number of nitrogens with zero attached hydrogens (tertiary/aromatic N) is 5. The van der Waals surface area contributed by atoms with Crippen LogP contribution in [-0.2, 0) is 0 Å². The molecule has 0 saturated heterocycles. The molecule has 208 valence electrons. The van der Waals surface area contributed by atoms with E-state index in [9.17, 15) is 4.39 Å². The summed E-state index contributed by atoms with van der Waals surface area (Å²) in [4.78, 5) is 12.4. The minimum absolute atomic E-state index is 0.296. The normalized spacial score (nSPS) is 15.1. The van der Waals surface area contributed by atoms with Crippen molar-refractivity contribution in [1.82, 2.24) is 9.78 Å². The van der Waals surface area contributed by atoms with Gasteiger partial charge in [-0.1, -0.05) is 42.5 Å². The molecule has 0 unspecified atom stereocenters. The van der Waals surface area contributed by atoms with Crippen LogP contribution in [0.1, 0.15) is 22.9 Å². The molecule has 0 bridgehead atoms. The van der Waals surface area contributed by atoms with E-state index in [2.05, 4.69) is 10.2 Å². The van der Waals surface area contributed by atoms with Crippen LogP contribution < -0.4 is 19.7 Å². The summed E-state index contributed by atoms with van der Waals surface area (Å²) in [6.45, 7) is 1.99. The first-order valence-corrected chi connectivity index (χ1v) is 13.5. The van der Waals surface area contributed by atoms with Crippen molar-refractivity contribution in [2.75, 3.05) is 24.4 Å². The van der Waals surface area contributed by atoms with Gasteiger partial charge < -0.3 is 19.7 Å². The smallest absolute Gasteiger partial charge is 0.179 e. The second kappa shape index (κ2) is 10.2. The third-order valence-corrected chi connectivity index (χ3v) is 7.49. The molecule has 4 aromatic carbocycles. The van der Waals surface area contributed by atoms with Gasteiger partial charge in [0.25, 0.3) is 0 Å².